The standard InChI is InChI=1S/C5H10N2O6P2/c1-4(14(8,9)10)15(11,12)13-5-6-2-3-7-5/h2-4H,1H3,(H,6,7)(H,11,12)(H2,8,9,10). The van der Waals surface area contributed by atoms with E-state index in [9.17, 15) is 14.0 Å². The first-order valence-electron chi connectivity index (χ1n) is 3.80. The largest absolute Gasteiger partial charge is 0.393 e. The van der Waals surface area contributed by atoms with E-state index >= 15 is 0 Å². The highest BCUT2D eigenvalue weighted by Crippen LogP contribution is 2.61. The van der Waals surface area contributed by atoms with Crippen molar-refractivity contribution < 1.29 is 28.3 Å². The van der Waals surface area contributed by atoms with Crippen molar-refractivity contribution in [2.24, 2.45) is 0 Å². The van der Waals surface area contributed by atoms with Gasteiger partial charge in [-0.15, -0.1) is 0 Å². The van der Waals surface area contributed by atoms with Gasteiger partial charge in [-0.25, -0.2) is 9.55 Å². The van der Waals surface area contributed by atoms with E-state index in [0.29, 0.717) is 0 Å². The van der Waals surface area contributed by atoms with Gasteiger partial charge >= 0.3 is 15.2 Å². The molecule has 0 aliphatic rings. The number of imidazole rings is 1. The molecular formula is C5H10N2O6P2. The van der Waals surface area contributed by atoms with Crippen LogP contribution in [0, 0.1) is 0 Å². The summed E-state index contributed by atoms with van der Waals surface area (Å²) < 4.78 is 26.6. The summed E-state index contributed by atoms with van der Waals surface area (Å²) in [6.45, 7) is 0.935. The van der Waals surface area contributed by atoms with E-state index in [0.717, 1.165) is 6.92 Å². The Bertz CT molecular complexity index is 411. The minimum Gasteiger partial charge on any atom is -0.390 e. The predicted molar refractivity (Wildman–Crippen MR) is 50.5 cm³/mol. The maximum absolute atomic E-state index is 11.4. The highest BCUT2D eigenvalue weighted by Gasteiger charge is 2.43. The average Bonchev–Trinajstić information content (AvgIpc) is 2.53. The zero-order valence-corrected chi connectivity index (χ0v) is 9.43. The van der Waals surface area contributed by atoms with E-state index in [2.05, 4.69) is 14.5 Å². The highest BCUT2D eigenvalue weighted by atomic mass is 31.2. The fraction of sp³-hybridized carbons (Fsp3) is 0.400. The van der Waals surface area contributed by atoms with Crippen LogP contribution in [0.4, 0.5) is 0 Å². The topological polar surface area (TPSA) is 133 Å². The Balaban J connectivity index is 2.85. The first-order valence-corrected chi connectivity index (χ1v) is 7.13. The SMILES string of the molecule is CC(P(=O)(O)O)P(=O)(O)Oc1ncc[nH]1. The Kier molecular flexibility index (Phi) is 3.38. The van der Waals surface area contributed by atoms with Crippen LogP contribution in [0.5, 0.6) is 6.01 Å². The minimum atomic E-state index is -4.68. The van der Waals surface area contributed by atoms with Gasteiger partial charge in [-0.3, -0.25) is 4.57 Å². The molecule has 0 spiro atoms. The normalized spacial score (nSPS) is 18.1. The summed E-state index contributed by atoms with van der Waals surface area (Å²) in [5.41, 5.74) is 0. The molecule has 1 aromatic rings. The molecule has 1 rings (SSSR count). The summed E-state index contributed by atoms with van der Waals surface area (Å²) in [5.74, 6) is 0. The van der Waals surface area contributed by atoms with Crippen molar-refractivity contribution >= 4 is 15.2 Å². The molecule has 0 aromatic carbocycles. The monoisotopic (exact) mass is 256 g/mol. The van der Waals surface area contributed by atoms with E-state index < -0.39 is 20.6 Å². The molecule has 4 N–H and O–H groups in total. The Hall–Kier alpha value is -0.650. The van der Waals surface area contributed by atoms with Crippen molar-refractivity contribution in [2.45, 2.75) is 12.3 Å². The summed E-state index contributed by atoms with van der Waals surface area (Å²) in [6, 6.07) is -0.263. The number of nitrogens with zero attached hydrogens (tertiary/aromatic N) is 1. The van der Waals surface area contributed by atoms with Gasteiger partial charge < -0.3 is 24.2 Å². The van der Waals surface area contributed by atoms with Crippen LogP contribution >= 0.6 is 15.2 Å². The van der Waals surface area contributed by atoms with Gasteiger partial charge in [0.2, 0.25) is 0 Å². The first kappa shape index (κ1) is 12.4. The molecule has 8 nitrogen and oxygen atoms in total. The molecule has 0 radical (unpaired) electrons. The number of hydrogen-bond acceptors (Lipinski definition) is 4. The van der Waals surface area contributed by atoms with Gasteiger partial charge in [0.15, 0.2) is 5.40 Å². The molecular weight excluding hydrogens is 246 g/mol. The van der Waals surface area contributed by atoms with Crippen molar-refractivity contribution in [3.05, 3.63) is 12.4 Å². The van der Waals surface area contributed by atoms with E-state index in [1.54, 1.807) is 0 Å². The van der Waals surface area contributed by atoms with Crippen LogP contribution in [0.1, 0.15) is 6.92 Å². The van der Waals surface area contributed by atoms with Crippen molar-refractivity contribution in [1.82, 2.24) is 9.97 Å². The lowest BCUT2D eigenvalue weighted by molar-refractivity contribution is 0.340. The number of nitrogens with one attached hydrogen (secondary N) is 1. The van der Waals surface area contributed by atoms with Crippen LogP contribution in [-0.2, 0) is 9.13 Å². The van der Waals surface area contributed by atoms with Crippen molar-refractivity contribution in [2.75, 3.05) is 0 Å². The molecule has 1 heterocycles. The molecule has 0 amide bonds. The van der Waals surface area contributed by atoms with Gasteiger partial charge in [0.25, 0.3) is 6.01 Å². The zero-order chi connectivity index (χ0) is 11.7. The van der Waals surface area contributed by atoms with E-state index in [-0.39, 0.29) is 6.01 Å². The molecule has 0 bridgehead atoms. The third-order valence-electron chi connectivity index (χ3n) is 1.65. The fourth-order valence-electron chi connectivity index (χ4n) is 0.691. The summed E-state index contributed by atoms with van der Waals surface area (Å²) in [7, 11) is -9.13. The molecule has 86 valence electrons. The molecule has 2 atom stereocenters. The molecule has 15 heavy (non-hydrogen) atoms. The molecule has 10 heteroatoms. The number of H-pyrrole nitrogens is 1. The van der Waals surface area contributed by atoms with Crippen LogP contribution in [0.2, 0.25) is 0 Å². The summed E-state index contributed by atoms with van der Waals surface area (Å²) in [5, 5.41) is -1.80. The van der Waals surface area contributed by atoms with Gasteiger partial charge in [0.05, 0.1) is 0 Å². The van der Waals surface area contributed by atoms with Gasteiger partial charge in [0, 0.05) is 12.4 Å². The lowest BCUT2D eigenvalue weighted by atomic mass is 11.0. The first-order chi connectivity index (χ1) is 6.73. The van der Waals surface area contributed by atoms with Gasteiger partial charge in [-0.2, -0.15) is 0 Å². The Morgan fingerprint density at radius 1 is 1.47 bits per heavy atom. The summed E-state index contributed by atoms with van der Waals surface area (Å²) >= 11 is 0. The summed E-state index contributed by atoms with van der Waals surface area (Å²) in [6.07, 6.45) is 2.62. The molecule has 0 saturated carbocycles. The number of hydrogen-bond donors (Lipinski definition) is 4. The Morgan fingerprint density at radius 3 is 2.47 bits per heavy atom. The lowest BCUT2D eigenvalue weighted by Crippen LogP contribution is -2.09. The second kappa shape index (κ2) is 4.08. The van der Waals surface area contributed by atoms with Crippen LogP contribution in [0.15, 0.2) is 12.4 Å². The second-order valence-corrected chi connectivity index (χ2v) is 7.22. The molecule has 0 aliphatic heterocycles. The Labute approximate surface area is 85.0 Å². The highest BCUT2D eigenvalue weighted by molar-refractivity contribution is 7.71. The molecule has 0 saturated heterocycles. The quantitative estimate of drug-likeness (QED) is 0.576. The third kappa shape index (κ3) is 3.15. The number of rotatable bonds is 4. The second-order valence-electron chi connectivity index (χ2n) is 2.77. The Morgan fingerprint density at radius 2 is 2.07 bits per heavy atom. The van der Waals surface area contributed by atoms with Crippen LogP contribution in [-0.4, -0.2) is 30.0 Å². The van der Waals surface area contributed by atoms with Crippen molar-refractivity contribution in [3.8, 4) is 6.01 Å². The zero-order valence-electron chi connectivity index (χ0n) is 7.64. The van der Waals surface area contributed by atoms with Crippen LogP contribution < -0.4 is 4.52 Å². The van der Waals surface area contributed by atoms with E-state index in [1.807, 2.05) is 0 Å². The third-order valence-corrected chi connectivity index (χ3v) is 5.78. The molecule has 0 aliphatic carbocycles. The van der Waals surface area contributed by atoms with Gasteiger partial charge in [0.1, 0.15) is 0 Å². The number of aromatic amines is 1. The maximum Gasteiger partial charge on any atom is 0.393 e. The average molecular weight is 256 g/mol. The van der Waals surface area contributed by atoms with Crippen molar-refractivity contribution in [1.29, 1.82) is 0 Å². The van der Waals surface area contributed by atoms with Crippen LogP contribution in [0.3, 0.4) is 0 Å². The summed E-state index contributed by atoms with van der Waals surface area (Å²) in [4.78, 5) is 32.6. The van der Waals surface area contributed by atoms with E-state index in [4.69, 9.17) is 9.79 Å². The van der Waals surface area contributed by atoms with Gasteiger partial charge in [-0.1, -0.05) is 0 Å². The molecule has 1 aromatic heterocycles. The molecule has 0 fully saturated rings. The van der Waals surface area contributed by atoms with E-state index in [1.165, 1.54) is 12.4 Å². The predicted octanol–water partition coefficient (Wildman–Crippen LogP) is 0.498. The minimum absolute atomic E-state index is 0.263. The molecule has 2 unspecified atom stereocenters. The number of aromatic nitrogens is 2. The fourth-order valence-corrected chi connectivity index (χ4v) is 2.85. The maximum atomic E-state index is 11.4. The lowest BCUT2D eigenvalue weighted by Gasteiger charge is -2.18. The smallest absolute Gasteiger partial charge is 0.390 e. The van der Waals surface area contributed by atoms with Crippen molar-refractivity contribution in [3.63, 3.8) is 0 Å². The van der Waals surface area contributed by atoms with Crippen LogP contribution in [0.25, 0.3) is 0 Å². The van der Waals surface area contributed by atoms with Gasteiger partial charge in [-0.05, 0) is 6.92 Å².